The van der Waals surface area contributed by atoms with Crippen molar-refractivity contribution >= 4 is 17.6 Å². The molecule has 0 spiro atoms. The first-order valence-corrected chi connectivity index (χ1v) is 7.69. The molecule has 1 aromatic carbocycles. The zero-order valence-electron chi connectivity index (χ0n) is 13.9. The standard InChI is InChI=1S/C17H18N2O6/c1-3-25-17(22)13-10-15(18(11(13)2)9-8-16(20)21)12-6-4-5-7-14(12)19(23)24/h4-7,10H,3,8-9H2,1-2H3,(H,20,21). The van der Waals surface area contributed by atoms with Crippen LogP contribution in [-0.4, -0.2) is 33.1 Å². The van der Waals surface area contributed by atoms with E-state index in [9.17, 15) is 19.7 Å². The molecule has 2 aromatic rings. The quantitative estimate of drug-likeness (QED) is 0.468. The summed E-state index contributed by atoms with van der Waals surface area (Å²) in [7, 11) is 0. The number of hydrogen-bond donors (Lipinski definition) is 1. The third-order valence-corrected chi connectivity index (χ3v) is 3.79. The fraction of sp³-hybridized carbons (Fsp3) is 0.294. The molecule has 1 heterocycles. The van der Waals surface area contributed by atoms with Crippen LogP contribution < -0.4 is 0 Å². The molecule has 8 nitrogen and oxygen atoms in total. The van der Waals surface area contributed by atoms with E-state index in [1.54, 1.807) is 36.6 Å². The number of carboxylic acid groups (broad SMARTS) is 1. The predicted molar refractivity (Wildman–Crippen MR) is 89.5 cm³/mol. The lowest BCUT2D eigenvalue weighted by Crippen LogP contribution is -2.10. The molecule has 2 rings (SSSR count). The highest BCUT2D eigenvalue weighted by molar-refractivity contribution is 5.93. The van der Waals surface area contributed by atoms with Gasteiger partial charge in [0, 0.05) is 18.3 Å². The number of aliphatic carboxylic acids is 1. The van der Waals surface area contributed by atoms with Gasteiger partial charge in [0.2, 0.25) is 0 Å². The highest BCUT2D eigenvalue weighted by atomic mass is 16.6. The van der Waals surface area contributed by atoms with Crippen molar-refractivity contribution in [2.45, 2.75) is 26.8 Å². The van der Waals surface area contributed by atoms with Crippen LogP contribution in [0.3, 0.4) is 0 Å². The monoisotopic (exact) mass is 346 g/mol. The maximum absolute atomic E-state index is 12.1. The number of ether oxygens (including phenoxy) is 1. The van der Waals surface area contributed by atoms with Crippen LogP contribution in [-0.2, 0) is 16.1 Å². The van der Waals surface area contributed by atoms with Crippen LogP contribution >= 0.6 is 0 Å². The van der Waals surface area contributed by atoms with Crippen molar-refractivity contribution in [3.8, 4) is 11.3 Å². The Morgan fingerprint density at radius 3 is 2.60 bits per heavy atom. The van der Waals surface area contributed by atoms with Gasteiger partial charge in [0.25, 0.3) is 5.69 Å². The van der Waals surface area contributed by atoms with Gasteiger partial charge in [0.05, 0.1) is 34.8 Å². The molecule has 0 bridgehead atoms. The number of nitrogens with zero attached hydrogens (tertiary/aromatic N) is 2. The number of rotatable bonds is 7. The van der Waals surface area contributed by atoms with Crippen molar-refractivity contribution in [2.75, 3.05) is 6.61 Å². The second kappa shape index (κ2) is 7.61. The lowest BCUT2D eigenvalue weighted by Gasteiger charge is -2.11. The first-order chi connectivity index (χ1) is 11.9. The number of nitro benzene ring substituents is 1. The van der Waals surface area contributed by atoms with Gasteiger partial charge in [-0.1, -0.05) is 12.1 Å². The minimum absolute atomic E-state index is 0.0853. The Morgan fingerprint density at radius 1 is 1.32 bits per heavy atom. The Hall–Kier alpha value is -3.16. The number of nitro groups is 1. The molecule has 0 aliphatic carbocycles. The van der Waals surface area contributed by atoms with E-state index >= 15 is 0 Å². The summed E-state index contributed by atoms with van der Waals surface area (Å²) in [5.41, 5.74) is 1.38. The van der Waals surface area contributed by atoms with Crippen molar-refractivity contribution in [1.82, 2.24) is 4.57 Å². The summed E-state index contributed by atoms with van der Waals surface area (Å²) in [4.78, 5) is 33.9. The minimum atomic E-state index is -1.00. The summed E-state index contributed by atoms with van der Waals surface area (Å²) in [6.45, 7) is 3.62. The summed E-state index contributed by atoms with van der Waals surface area (Å²) < 4.78 is 6.61. The maximum atomic E-state index is 12.1. The topological polar surface area (TPSA) is 112 Å². The van der Waals surface area contributed by atoms with E-state index in [0.29, 0.717) is 17.0 Å². The third kappa shape index (κ3) is 3.85. The Kier molecular flexibility index (Phi) is 5.53. The molecule has 0 radical (unpaired) electrons. The predicted octanol–water partition coefficient (Wildman–Crippen LogP) is 3.02. The van der Waals surface area contributed by atoms with Crippen molar-refractivity contribution in [2.24, 2.45) is 0 Å². The highest BCUT2D eigenvalue weighted by Crippen LogP contribution is 2.33. The summed E-state index contributed by atoms with van der Waals surface area (Å²) in [5.74, 6) is -1.55. The SMILES string of the molecule is CCOC(=O)c1cc(-c2ccccc2[N+](=O)[O-])n(CCC(=O)O)c1C. The van der Waals surface area contributed by atoms with Gasteiger partial charge in [-0.2, -0.15) is 0 Å². The fourth-order valence-electron chi connectivity index (χ4n) is 2.63. The average molecular weight is 346 g/mol. The summed E-state index contributed by atoms with van der Waals surface area (Å²) in [5, 5.41) is 20.3. The first kappa shape index (κ1) is 18.2. The van der Waals surface area contributed by atoms with Crippen LogP contribution in [0.15, 0.2) is 30.3 Å². The maximum Gasteiger partial charge on any atom is 0.339 e. The van der Waals surface area contributed by atoms with E-state index in [1.165, 1.54) is 12.1 Å². The Balaban J connectivity index is 2.63. The number of benzene rings is 1. The van der Waals surface area contributed by atoms with Crippen LogP contribution in [0.2, 0.25) is 0 Å². The molecule has 0 saturated carbocycles. The van der Waals surface area contributed by atoms with Gasteiger partial charge < -0.3 is 14.4 Å². The highest BCUT2D eigenvalue weighted by Gasteiger charge is 2.24. The van der Waals surface area contributed by atoms with Gasteiger partial charge >= 0.3 is 11.9 Å². The van der Waals surface area contributed by atoms with Crippen LogP contribution in [0.1, 0.15) is 29.4 Å². The number of carbonyl (C=O) groups is 2. The lowest BCUT2D eigenvalue weighted by molar-refractivity contribution is -0.384. The van der Waals surface area contributed by atoms with Crippen molar-refractivity contribution in [3.63, 3.8) is 0 Å². The van der Waals surface area contributed by atoms with Crippen molar-refractivity contribution in [1.29, 1.82) is 0 Å². The summed E-state index contributed by atoms with van der Waals surface area (Å²) in [6, 6.07) is 7.64. The number of esters is 1. The fourth-order valence-corrected chi connectivity index (χ4v) is 2.63. The molecule has 0 fully saturated rings. The Labute approximate surface area is 143 Å². The minimum Gasteiger partial charge on any atom is -0.481 e. The number of hydrogen-bond acceptors (Lipinski definition) is 5. The third-order valence-electron chi connectivity index (χ3n) is 3.79. The van der Waals surface area contributed by atoms with Gasteiger partial charge in [0.15, 0.2) is 0 Å². The van der Waals surface area contributed by atoms with Crippen LogP contribution in [0, 0.1) is 17.0 Å². The Bertz CT molecular complexity index is 825. The van der Waals surface area contributed by atoms with Gasteiger partial charge in [-0.25, -0.2) is 4.79 Å². The molecular formula is C17H18N2O6. The average Bonchev–Trinajstić information content (AvgIpc) is 2.89. The molecule has 1 aromatic heterocycles. The molecule has 132 valence electrons. The normalized spacial score (nSPS) is 10.5. The van der Waals surface area contributed by atoms with E-state index in [0.717, 1.165) is 0 Å². The summed E-state index contributed by atoms with van der Waals surface area (Å²) >= 11 is 0. The van der Waals surface area contributed by atoms with Crippen LogP contribution in [0.4, 0.5) is 5.69 Å². The molecule has 0 amide bonds. The van der Waals surface area contributed by atoms with Gasteiger partial charge in [-0.15, -0.1) is 0 Å². The van der Waals surface area contributed by atoms with E-state index in [1.807, 2.05) is 0 Å². The second-order valence-electron chi connectivity index (χ2n) is 5.32. The lowest BCUT2D eigenvalue weighted by atomic mass is 10.1. The molecule has 0 aliphatic rings. The van der Waals surface area contributed by atoms with Gasteiger partial charge in [-0.05, 0) is 26.0 Å². The molecule has 0 aliphatic heterocycles. The van der Waals surface area contributed by atoms with Crippen molar-refractivity contribution in [3.05, 3.63) is 51.7 Å². The first-order valence-electron chi connectivity index (χ1n) is 7.69. The zero-order chi connectivity index (χ0) is 18.6. The molecule has 25 heavy (non-hydrogen) atoms. The molecule has 8 heteroatoms. The van der Waals surface area contributed by atoms with Crippen molar-refractivity contribution < 1.29 is 24.4 Å². The van der Waals surface area contributed by atoms with E-state index in [2.05, 4.69) is 0 Å². The zero-order valence-corrected chi connectivity index (χ0v) is 13.9. The smallest absolute Gasteiger partial charge is 0.339 e. The molecule has 0 unspecified atom stereocenters. The van der Waals surface area contributed by atoms with Gasteiger partial charge in [-0.3, -0.25) is 14.9 Å². The molecule has 1 N–H and O–H groups in total. The number of para-hydroxylation sites is 1. The van der Waals surface area contributed by atoms with Gasteiger partial charge in [0.1, 0.15) is 0 Å². The van der Waals surface area contributed by atoms with E-state index in [4.69, 9.17) is 9.84 Å². The largest absolute Gasteiger partial charge is 0.481 e. The van der Waals surface area contributed by atoms with Crippen LogP contribution in [0.5, 0.6) is 0 Å². The van der Waals surface area contributed by atoms with E-state index < -0.39 is 16.9 Å². The van der Waals surface area contributed by atoms with E-state index in [-0.39, 0.29) is 30.8 Å². The molecule has 0 atom stereocenters. The Morgan fingerprint density at radius 2 is 2.00 bits per heavy atom. The number of carboxylic acids is 1. The number of carbonyl (C=O) groups excluding carboxylic acids is 1. The second-order valence-corrected chi connectivity index (χ2v) is 5.32. The molecular weight excluding hydrogens is 328 g/mol. The van der Waals surface area contributed by atoms with Crippen LogP contribution in [0.25, 0.3) is 11.3 Å². The number of aromatic nitrogens is 1. The molecule has 0 saturated heterocycles. The summed E-state index contributed by atoms with van der Waals surface area (Å²) in [6.07, 6.45) is -0.175.